The van der Waals surface area contributed by atoms with Gasteiger partial charge in [-0.3, -0.25) is 14.9 Å². The van der Waals surface area contributed by atoms with Crippen molar-refractivity contribution in [3.8, 4) is 0 Å². The second kappa shape index (κ2) is 7.73. The van der Waals surface area contributed by atoms with Crippen molar-refractivity contribution in [3.05, 3.63) is 33.9 Å². The third-order valence-electron chi connectivity index (χ3n) is 3.30. The smallest absolute Gasteiger partial charge is 0.274 e. The summed E-state index contributed by atoms with van der Waals surface area (Å²) in [5.74, 6) is 0.446. The van der Waals surface area contributed by atoms with Crippen LogP contribution in [0.25, 0.3) is 0 Å². The molecule has 0 aliphatic carbocycles. The maximum absolute atomic E-state index is 12.0. The Kier molecular flexibility index (Phi) is 6.30. The van der Waals surface area contributed by atoms with Gasteiger partial charge >= 0.3 is 0 Å². The molecule has 0 unspecified atom stereocenters. The van der Waals surface area contributed by atoms with Gasteiger partial charge in [-0.2, -0.15) is 0 Å². The number of nitrogens with zero attached hydrogens (tertiary/aromatic N) is 1. The number of amides is 1. The maximum Gasteiger partial charge on any atom is 0.274 e. The molecule has 0 heterocycles. The average Bonchev–Trinajstić information content (AvgIpc) is 2.39. The maximum atomic E-state index is 12.0. The molecule has 3 N–H and O–H groups in total. The number of nitrogens with one attached hydrogen (secondary N) is 1. The Bertz CT molecular complexity index is 515. The first-order chi connectivity index (χ1) is 9.83. The highest BCUT2D eigenvalue weighted by atomic mass is 16.6. The highest BCUT2D eigenvalue weighted by Crippen LogP contribution is 2.23. The van der Waals surface area contributed by atoms with Gasteiger partial charge in [-0.25, -0.2) is 0 Å². The van der Waals surface area contributed by atoms with Crippen LogP contribution < -0.4 is 11.1 Å². The minimum atomic E-state index is -0.452. The molecule has 1 atom stereocenters. The summed E-state index contributed by atoms with van der Waals surface area (Å²) in [6, 6.07) is 4.68. The molecule has 116 valence electrons. The number of hydrogen-bond acceptors (Lipinski definition) is 4. The topological polar surface area (TPSA) is 98.3 Å². The van der Waals surface area contributed by atoms with E-state index in [9.17, 15) is 14.9 Å². The van der Waals surface area contributed by atoms with Gasteiger partial charge in [0.1, 0.15) is 0 Å². The zero-order chi connectivity index (χ0) is 16.0. The fourth-order valence-electron chi connectivity index (χ4n) is 2.29. The highest BCUT2D eigenvalue weighted by molar-refractivity contribution is 5.91. The summed E-state index contributed by atoms with van der Waals surface area (Å²) in [5, 5.41) is 13.6. The number of benzene rings is 1. The highest BCUT2D eigenvalue weighted by Gasteiger charge is 2.16. The standard InChI is InChI=1S/C15H23N3O3/c1-10(2)6-12(9-16)7-15(19)17-13-5-4-11(3)14(8-13)18(20)21/h4-5,8,10,12H,6-7,9,16H2,1-3H3,(H,17,19)/t12-/m0/s1. The van der Waals surface area contributed by atoms with Gasteiger partial charge < -0.3 is 11.1 Å². The first kappa shape index (κ1) is 17.1. The van der Waals surface area contributed by atoms with Crippen LogP contribution in [0, 0.1) is 28.9 Å². The SMILES string of the molecule is Cc1ccc(NC(=O)C[C@@H](CN)CC(C)C)cc1[N+](=O)[O-]. The van der Waals surface area contributed by atoms with Crippen LogP contribution in [-0.4, -0.2) is 17.4 Å². The molecule has 0 saturated carbocycles. The molecule has 1 amide bonds. The molecule has 0 aliphatic rings. The van der Waals surface area contributed by atoms with E-state index in [1.807, 2.05) is 0 Å². The van der Waals surface area contributed by atoms with Gasteiger partial charge in [0.2, 0.25) is 5.91 Å². The van der Waals surface area contributed by atoms with E-state index in [0.29, 0.717) is 30.1 Å². The summed E-state index contributed by atoms with van der Waals surface area (Å²) < 4.78 is 0. The zero-order valence-electron chi connectivity index (χ0n) is 12.8. The molecule has 6 nitrogen and oxygen atoms in total. The minimum Gasteiger partial charge on any atom is -0.330 e. The molecular formula is C15H23N3O3. The Hall–Kier alpha value is -1.95. The third-order valence-corrected chi connectivity index (χ3v) is 3.30. The molecule has 0 aliphatic heterocycles. The van der Waals surface area contributed by atoms with Crippen molar-refractivity contribution in [2.45, 2.75) is 33.6 Å². The Morgan fingerprint density at radius 2 is 2.10 bits per heavy atom. The summed E-state index contributed by atoms with van der Waals surface area (Å²) in [6.07, 6.45) is 1.22. The summed E-state index contributed by atoms with van der Waals surface area (Å²) >= 11 is 0. The van der Waals surface area contributed by atoms with Gasteiger partial charge in [0, 0.05) is 23.7 Å². The van der Waals surface area contributed by atoms with Gasteiger partial charge in [-0.15, -0.1) is 0 Å². The van der Waals surface area contributed by atoms with Gasteiger partial charge in [-0.1, -0.05) is 19.9 Å². The van der Waals surface area contributed by atoms with Gasteiger partial charge in [0.15, 0.2) is 0 Å². The quantitative estimate of drug-likeness (QED) is 0.596. The predicted octanol–water partition coefficient (Wildman–Crippen LogP) is 2.85. The van der Waals surface area contributed by atoms with E-state index < -0.39 is 4.92 Å². The molecular weight excluding hydrogens is 270 g/mol. The Morgan fingerprint density at radius 3 is 2.62 bits per heavy atom. The van der Waals surface area contributed by atoms with Crippen LogP contribution >= 0.6 is 0 Å². The molecule has 21 heavy (non-hydrogen) atoms. The van der Waals surface area contributed by atoms with Gasteiger partial charge in [0.05, 0.1) is 4.92 Å². The van der Waals surface area contributed by atoms with E-state index >= 15 is 0 Å². The molecule has 0 radical (unpaired) electrons. The Balaban J connectivity index is 2.70. The van der Waals surface area contributed by atoms with Crippen molar-refractivity contribution in [3.63, 3.8) is 0 Å². The number of nitro groups is 1. The lowest BCUT2D eigenvalue weighted by atomic mass is 9.94. The van der Waals surface area contributed by atoms with Gasteiger partial charge in [-0.05, 0) is 37.8 Å². The van der Waals surface area contributed by atoms with Crippen LogP contribution in [0.4, 0.5) is 11.4 Å². The fourth-order valence-corrected chi connectivity index (χ4v) is 2.29. The summed E-state index contributed by atoms with van der Waals surface area (Å²) in [6.45, 7) is 6.30. The lowest BCUT2D eigenvalue weighted by molar-refractivity contribution is -0.385. The second-order valence-electron chi connectivity index (χ2n) is 5.74. The van der Waals surface area contributed by atoms with E-state index in [1.54, 1.807) is 19.1 Å². The number of rotatable bonds is 7. The Labute approximate surface area is 124 Å². The van der Waals surface area contributed by atoms with Crippen LogP contribution in [-0.2, 0) is 4.79 Å². The van der Waals surface area contributed by atoms with Crippen LogP contribution in [0.3, 0.4) is 0 Å². The number of hydrogen-bond donors (Lipinski definition) is 2. The average molecular weight is 293 g/mol. The van der Waals surface area contributed by atoms with E-state index in [1.165, 1.54) is 6.07 Å². The minimum absolute atomic E-state index is 0.00496. The Morgan fingerprint density at radius 1 is 1.43 bits per heavy atom. The molecule has 1 aromatic carbocycles. The van der Waals surface area contributed by atoms with E-state index in [-0.39, 0.29) is 17.5 Å². The van der Waals surface area contributed by atoms with Crippen molar-refractivity contribution >= 4 is 17.3 Å². The molecule has 0 bridgehead atoms. The van der Waals surface area contributed by atoms with Crippen molar-refractivity contribution in [1.29, 1.82) is 0 Å². The van der Waals surface area contributed by atoms with Crippen LogP contribution in [0.15, 0.2) is 18.2 Å². The monoisotopic (exact) mass is 293 g/mol. The molecule has 0 saturated heterocycles. The van der Waals surface area contributed by atoms with Crippen LogP contribution in [0.2, 0.25) is 0 Å². The number of carbonyl (C=O) groups is 1. The van der Waals surface area contributed by atoms with E-state index in [2.05, 4.69) is 19.2 Å². The lowest BCUT2D eigenvalue weighted by Gasteiger charge is -2.16. The van der Waals surface area contributed by atoms with E-state index in [0.717, 1.165) is 6.42 Å². The summed E-state index contributed by atoms with van der Waals surface area (Å²) in [7, 11) is 0. The van der Waals surface area contributed by atoms with Crippen molar-refractivity contribution in [1.82, 2.24) is 0 Å². The molecule has 1 rings (SSSR count). The number of nitro benzene ring substituents is 1. The largest absolute Gasteiger partial charge is 0.330 e. The summed E-state index contributed by atoms with van der Waals surface area (Å²) in [4.78, 5) is 22.4. The molecule has 6 heteroatoms. The normalized spacial score (nSPS) is 12.2. The predicted molar refractivity (Wildman–Crippen MR) is 83.1 cm³/mol. The third kappa shape index (κ3) is 5.51. The summed E-state index contributed by atoms with van der Waals surface area (Å²) in [5.41, 5.74) is 6.69. The number of carbonyl (C=O) groups excluding carboxylic acids is 1. The molecule has 0 fully saturated rings. The second-order valence-corrected chi connectivity index (χ2v) is 5.74. The lowest BCUT2D eigenvalue weighted by Crippen LogP contribution is -2.23. The van der Waals surface area contributed by atoms with E-state index in [4.69, 9.17) is 5.73 Å². The number of nitrogens with two attached hydrogens (primary N) is 1. The molecule has 0 aromatic heterocycles. The zero-order valence-corrected chi connectivity index (χ0v) is 12.8. The van der Waals surface area contributed by atoms with Crippen LogP contribution in [0.1, 0.15) is 32.3 Å². The molecule has 0 spiro atoms. The van der Waals surface area contributed by atoms with Crippen molar-refractivity contribution in [2.24, 2.45) is 17.6 Å². The fraction of sp³-hybridized carbons (Fsp3) is 0.533. The number of anilines is 1. The van der Waals surface area contributed by atoms with Gasteiger partial charge in [0.25, 0.3) is 5.69 Å². The first-order valence-electron chi connectivity index (χ1n) is 7.08. The van der Waals surface area contributed by atoms with Crippen LogP contribution in [0.5, 0.6) is 0 Å². The van der Waals surface area contributed by atoms with Crippen molar-refractivity contribution in [2.75, 3.05) is 11.9 Å². The van der Waals surface area contributed by atoms with Crippen molar-refractivity contribution < 1.29 is 9.72 Å². The molecule has 1 aromatic rings. The number of aryl methyl sites for hydroxylation is 1. The first-order valence-corrected chi connectivity index (χ1v) is 7.08.